The molecular formula is C20H24N8O2. The van der Waals surface area contributed by atoms with Gasteiger partial charge in [-0.3, -0.25) is 19.7 Å². The highest BCUT2D eigenvalue weighted by atomic mass is 16.5. The van der Waals surface area contributed by atoms with E-state index < -0.39 is 0 Å². The summed E-state index contributed by atoms with van der Waals surface area (Å²) < 4.78 is 7.10. The molecule has 0 aliphatic carbocycles. The van der Waals surface area contributed by atoms with Crippen molar-refractivity contribution in [2.45, 2.75) is 19.1 Å². The minimum Gasteiger partial charge on any atom is -0.379 e. The summed E-state index contributed by atoms with van der Waals surface area (Å²) in [6.07, 6.45) is 4.87. The fourth-order valence-electron chi connectivity index (χ4n) is 3.51. The van der Waals surface area contributed by atoms with Gasteiger partial charge in [0.15, 0.2) is 5.82 Å². The van der Waals surface area contributed by atoms with Crippen molar-refractivity contribution in [2.24, 2.45) is 0 Å². The predicted molar refractivity (Wildman–Crippen MR) is 107 cm³/mol. The van der Waals surface area contributed by atoms with Crippen LogP contribution in [0.5, 0.6) is 0 Å². The van der Waals surface area contributed by atoms with Crippen molar-refractivity contribution >= 4 is 5.91 Å². The number of morpholine rings is 1. The molecular weight excluding hydrogens is 384 g/mol. The Balaban J connectivity index is 1.54. The Bertz CT molecular complexity index is 944. The van der Waals surface area contributed by atoms with Crippen molar-refractivity contribution in [1.29, 1.82) is 0 Å². The first-order valence-electron chi connectivity index (χ1n) is 9.84. The third-order valence-electron chi connectivity index (χ3n) is 5.06. The lowest BCUT2D eigenvalue weighted by Crippen LogP contribution is -2.41. The smallest absolute Gasteiger partial charge is 0.244 e. The fraction of sp³-hybridized carbons (Fsp3) is 0.400. The van der Waals surface area contributed by atoms with Gasteiger partial charge in [-0.1, -0.05) is 30.3 Å². The third kappa shape index (κ3) is 4.66. The van der Waals surface area contributed by atoms with Crippen LogP contribution in [0, 0.1) is 0 Å². The van der Waals surface area contributed by atoms with Crippen LogP contribution in [0.3, 0.4) is 0 Å². The zero-order chi connectivity index (χ0) is 20.8. The first-order chi connectivity index (χ1) is 14.7. The molecule has 156 valence electrons. The summed E-state index contributed by atoms with van der Waals surface area (Å²) in [5, 5.41) is 12.3. The molecule has 1 amide bonds. The van der Waals surface area contributed by atoms with Gasteiger partial charge in [-0.25, -0.2) is 4.68 Å². The minimum absolute atomic E-state index is 0.0484. The van der Waals surface area contributed by atoms with Crippen molar-refractivity contribution in [1.82, 2.24) is 40.0 Å². The molecule has 1 aromatic carbocycles. The Morgan fingerprint density at radius 3 is 2.73 bits per heavy atom. The van der Waals surface area contributed by atoms with Crippen LogP contribution in [0.4, 0.5) is 0 Å². The second kappa shape index (κ2) is 9.51. The first kappa shape index (κ1) is 20.0. The third-order valence-corrected chi connectivity index (χ3v) is 5.06. The summed E-state index contributed by atoms with van der Waals surface area (Å²) in [4.78, 5) is 25.0. The number of aromatic nitrogens is 6. The normalized spacial score (nSPS) is 15.6. The van der Waals surface area contributed by atoms with Gasteiger partial charge in [-0.05, 0) is 16.0 Å². The molecule has 1 aliphatic heterocycles. The molecule has 30 heavy (non-hydrogen) atoms. The Labute approximate surface area is 174 Å². The average molecular weight is 408 g/mol. The summed E-state index contributed by atoms with van der Waals surface area (Å²) >= 11 is 0. The monoisotopic (exact) mass is 408 g/mol. The molecule has 0 radical (unpaired) electrons. The number of rotatable bonds is 7. The van der Waals surface area contributed by atoms with E-state index in [4.69, 9.17) is 4.74 Å². The number of tetrazole rings is 1. The van der Waals surface area contributed by atoms with Crippen LogP contribution in [0.1, 0.15) is 23.1 Å². The molecule has 2 aromatic heterocycles. The molecule has 1 atom stereocenters. The zero-order valence-electron chi connectivity index (χ0n) is 16.8. The van der Waals surface area contributed by atoms with Crippen LogP contribution in [-0.4, -0.2) is 79.2 Å². The number of likely N-dealkylation sites (N-methyl/N-ethyl adjacent to an activating group) is 1. The molecule has 1 saturated heterocycles. The van der Waals surface area contributed by atoms with Crippen LogP contribution in [0.2, 0.25) is 0 Å². The van der Waals surface area contributed by atoms with Crippen LogP contribution < -0.4 is 0 Å². The topological polar surface area (TPSA) is 102 Å². The van der Waals surface area contributed by atoms with E-state index in [9.17, 15) is 4.79 Å². The van der Waals surface area contributed by atoms with E-state index in [1.165, 1.54) is 0 Å². The standard InChI is InChI=1S/C20H24N8O2/c1-26(14-17-13-21-7-8-22-17)18(29)15-28-20(23-24-25-28)19(16-5-3-2-4-6-16)27-9-11-30-12-10-27/h2-8,13,19H,9-12,14-15H2,1H3/t19-/m1/s1. The lowest BCUT2D eigenvalue weighted by atomic mass is 10.0. The number of benzene rings is 1. The van der Waals surface area contributed by atoms with E-state index in [1.807, 2.05) is 18.2 Å². The highest BCUT2D eigenvalue weighted by molar-refractivity contribution is 5.75. The van der Waals surface area contributed by atoms with E-state index in [2.05, 4.69) is 42.5 Å². The van der Waals surface area contributed by atoms with Gasteiger partial charge < -0.3 is 9.64 Å². The Kier molecular flexibility index (Phi) is 6.35. The number of hydrogen-bond donors (Lipinski definition) is 0. The summed E-state index contributed by atoms with van der Waals surface area (Å²) in [7, 11) is 1.73. The molecule has 0 N–H and O–H groups in total. The van der Waals surface area contributed by atoms with Crippen LogP contribution in [0.15, 0.2) is 48.9 Å². The van der Waals surface area contributed by atoms with Crippen LogP contribution in [0.25, 0.3) is 0 Å². The van der Waals surface area contributed by atoms with Crippen LogP contribution >= 0.6 is 0 Å². The number of amides is 1. The molecule has 0 bridgehead atoms. The van der Waals surface area contributed by atoms with Crippen molar-refractivity contribution in [2.75, 3.05) is 33.4 Å². The number of carbonyl (C=O) groups excluding carboxylic acids is 1. The second-order valence-electron chi connectivity index (χ2n) is 7.10. The number of ether oxygens (including phenoxy) is 1. The average Bonchev–Trinajstić information content (AvgIpc) is 3.23. The second-order valence-corrected chi connectivity index (χ2v) is 7.10. The summed E-state index contributed by atoms with van der Waals surface area (Å²) in [6, 6.07) is 9.94. The fourth-order valence-corrected chi connectivity index (χ4v) is 3.51. The van der Waals surface area contributed by atoms with E-state index in [0.29, 0.717) is 25.6 Å². The number of hydrogen-bond acceptors (Lipinski definition) is 8. The van der Waals surface area contributed by atoms with Gasteiger partial charge in [0.2, 0.25) is 5.91 Å². The van der Waals surface area contributed by atoms with Gasteiger partial charge in [0.1, 0.15) is 6.54 Å². The van der Waals surface area contributed by atoms with Gasteiger partial charge in [0, 0.05) is 32.5 Å². The Hall–Kier alpha value is -3.24. The van der Waals surface area contributed by atoms with Gasteiger partial charge in [-0.2, -0.15) is 0 Å². The summed E-state index contributed by atoms with van der Waals surface area (Å²) in [5.41, 5.74) is 1.80. The molecule has 0 saturated carbocycles. The summed E-state index contributed by atoms with van der Waals surface area (Å²) in [6.45, 7) is 3.28. The van der Waals surface area contributed by atoms with Gasteiger partial charge in [0.25, 0.3) is 0 Å². The molecule has 3 heterocycles. The van der Waals surface area contributed by atoms with Crippen molar-refractivity contribution in [3.63, 3.8) is 0 Å². The Morgan fingerprint density at radius 1 is 1.20 bits per heavy atom. The van der Waals surface area contributed by atoms with Gasteiger partial charge in [0.05, 0.1) is 37.7 Å². The maximum atomic E-state index is 12.8. The first-order valence-corrected chi connectivity index (χ1v) is 9.84. The molecule has 10 heteroatoms. The molecule has 1 aliphatic rings. The van der Waals surface area contributed by atoms with E-state index >= 15 is 0 Å². The van der Waals surface area contributed by atoms with E-state index in [0.717, 1.165) is 24.3 Å². The van der Waals surface area contributed by atoms with Crippen molar-refractivity contribution in [3.05, 3.63) is 66.0 Å². The molecule has 3 aromatic rings. The summed E-state index contributed by atoms with van der Waals surface area (Å²) in [5.74, 6) is 0.535. The predicted octanol–water partition coefficient (Wildman–Crippen LogP) is 0.543. The highest BCUT2D eigenvalue weighted by Gasteiger charge is 2.29. The van der Waals surface area contributed by atoms with Crippen LogP contribution in [-0.2, 0) is 22.6 Å². The number of nitrogens with zero attached hydrogens (tertiary/aromatic N) is 8. The maximum absolute atomic E-state index is 12.8. The molecule has 1 fully saturated rings. The lowest BCUT2D eigenvalue weighted by molar-refractivity contribution is -0.131. The Morgan fingerprint density at radius 2 is 2.00 bits per heavy atom. The van der Waals surface area contributed by atoms with Crippen molar-refractivity contribution < 1.29 is 9.53 Å². The largest absolute Gasteiger partial charge is 0.379 e. The lowest BCUT2D eigenvalue weighted by Gasteiger charge is -2.34. The SMILES string of the molecule is CN(Cc1cnccn1)C(=O)Cn1nnnc1[C@@H](c1ccccc1)N1CCOCC1. The molecule has 4 rings (SSSR count). The number of carbonyl (C=O) groups is 1. The van der Waals surface area contributed by atoms with Crippen molar-refractivity contribution in [3.8, 4) is 0 Å². The molecule has 0 spiro atoms. The van der Waals surface area contributed by atoms with E-state index in [1.54, 1.807) is 35.2 Å². The maximum Gasteiger partial charge on any atom is 0.244 e. The quantitative estimate of drug-likeness (QED) is 0.558. The van der Waals surface area contributed by atoms with Gasteiger partial charge >= 0.3 is 0 Å². The molecule has 0 unspecified atom stereocenters. The minimum atomic E-state index is -0.150. The highest BCUT2D eigenvalue weighted by Crippen LogP contribution is 2.27. The van der Waals surface area contributed by atoms with E-state index in [-0.39, 0.29) is 18.5 Å². The van der Waals surface area contributed by atoms with Gasteiger partial charge in [-0.15, -0.1) is 5.10 Å². The zero-order valence-corrected chi connectivity index (χ0v) is 16.8. The molecule has 10 nitrogen and oxygen atoms in total.